The fraction of sp³-hybridized carbons (Fsp3) is 0.182. The van der Waals surface area contributed by atoms with Gasteiger partial charge in [0.05, 0.1) is 0 Å². The number of rotatable bonds is 3. The SMILES string of the molecule is Cn1ccc(NCc2ccccc2F)n1. The molecule has 78 valence electrons. The minimum Gasteiger partial charge on any atom is -0.364 e. The van der Waals surface area contributed by atoms with Gasteiger partial charge in [-0.3, -0.25) is 4.68 Å². The molecule has 0 spiro atoms. The van der Waals surface area contributed by atoms with E-state index in [0.29, 0.717) is 12.1 Å². The predicted octanol–water partition coefficient (Wildman–Crippen LogP) is 2.17. The summed E-state index contributed by atoms with van der Waals surface area (Å²) in [6, 6.07) is 8.56. The van der Waals surface area contributed by atoms with E-state index in [9.17, 15) is 4.39 Å². The predicted molar refractivity (Wildman–Crippen MR) is 56.9 cm³/mol. The first kappa shape index (κ1) is 9.71. The van der Waals surface area contributed by atoms with Gasteiger partial charge in [0.1, 0.15) is 11.6 Å². The van der Waals surface area contributed by atoms with E-state index in [1.807, 2.05) is 25.4 Å². The van der Waals surface area contributed by atoms with Gasteiger partial charge in [0.25, 0.3) is 0 Å². The number of halogens is 1. The summed E-state index contributed by atoms with van der Waals surface area (Å²) in [5.41, 5.74) is 0.642. The molecule has 0 atom stereocenters. The van der Waals surface area contributed by atoms with E-state index in [1.165, 1.54) is 6.07 Å². The molecule has 0 bridgehead atoms. The van der Waals surface area contributed by atoms with Gasteiger partial charge in [-0.25, -0.2) is 4.39 Å². The third-order valence-electron chi connectivity index (χ3n) is 2.13. The Balaban J connectivity index is 2.02. The van der Waals surface area contributed by atoms with Crippen LogP contribution < -0.4 is 5.32 Å². The van der Waals surface area contributed by atoms with Crippen LogP contribution in [-0.2, 0) is 13.6 Å². The lowest BCUT2D eigenvalue weighted by atomic mass is 10.2. The Morgan fingerprint density at radius 2 is 2.13 bits per heavy atom. The number of anilines is 1. The summed E-state index contributed by atoms with van der Waals surface area (Å²) < 4.78 is 14.9. The first-order chi connectivity index (χ1) is 7.25. The number of nitrogens with zero attached hydrogens (tertiary/aromatic N) is 2. The van der Waals surface area contributed by atoms with Crippen molar-refractivity contribution in [2.75, 3.05) is 5.32 Å². The van der Waals surface area contributed by atoms with E-state index in [2.05, 4.69) is 10.4 Å². The molecular weight excluding hydrogens is 193 g/mol. The van der Waals surface area contributed by atoms with Crippen molar-refractivity contribution in [1.29, 1.82) is 0 Å². The second-order valence-electron chi connectivity index (χ2n) is 3.32. The van der Waals surface area contributed by atoms with Crippen molar-refractivity contribution in [3.63, 3.8) is 0 Å². The molecule has 2 aromatic rings. The topological polar surface area (TPSA) is 29.9 Å². The molecule has 1 heterocycles. The van der Waals surface area contributed by atoms with Crippen LogP contribution in [0.2, 0.25) is 0 Å². The molecule has 1 N–H and O–H groups in total. The molecule has 0 radical (unpaired) electrons. The summed E-state index contributed by atoms with van der Waals surface area (Å²) in [4.78, 5) is 0. The maximum atomic E-state index is 13.2. The van der Waals surface area contributed by atoms with Crippen LogP contribution in [0.3, 0.4) is 0 Å². The van der Waals surface area contributed by atoms with E-state index >= 15 is 0 Å². The Morgan fingerprint density at radius 1 is 1.33 bits per heavy atom. The van der Waals surface area contributed by atoms with Gasteiger partial charge < -0.3 is 5.32 Å². The minimum atomic E-state index is -0.194. The first-order valence-electron chi connectivity index (χ1n) is 4.72. The third kappa shape index (κ3) is 2.34. The molecule has 0 saturated carbocycles. The molecule has 0 aliphatic carbocycles. The van der Waals surface area contributed by atoms with Gasteiger partial charge in [-0.1, -0.05) is 18.2 Å². The zero-order valence-corrected chi connectivity index (χ0v) is 8.44. The maximum Gasteiger partial charge on any atom is 0.148 e. The highest BCUT2D eigenvalue weighted by Gasteiger charge is 2.01. The average molecular weight is 205 g/mol. The Kier molecular flexibility index (Phi) is 2.67. The fourth-order valence-electron chi connectivity index (χ4n) is 1.34. The second kappa shape index (κ2) is 4.13. The summed E-state index contributed by atoms with van der Waals surface area (Å²) in [7, 11) is 1.84. The van der Waals surface area contributed by atoms with Crippen molar-refractivity contribution in [3.05, 3.63) is 47.9 Å². The lowest BCUT2D eigenvalue weighted by molar-refractivity contribution is 0.612. The summed E-state index contributed by atoms with van der Waals surface area (Å²) in [5, 5.41) is 7.19. The molecule has 1 aromatic carbocycles. The molecule has 4 heteroatoms. The average Bonchev–Trinajstić information content (AvgIpc) is 2.63. The van der Waals surface area contributed by atoms with E-state index in [0.717, 1.165) is 5.82 Å². The Hall–Kier alpha value is -1.84. The minimum absolute atomic E-state index is 0.194. The van der Waals surface area contributed by atoms with Gasteiger partial charge in [-0.15, -0.1) is 0 Å². The molecule has 2 rings (SSSR count). The number of aromatic nitrogens is 2. The lowest BCUT2D eigenvalue weighted by Crippen LogP contribution is -2.02. The van der Waals surface area contributed by atoms with Crippen molar-refractivity contribution < 1.29 is 4.39 Å². The Labute approximate surface area is 87.5 Å². The van der Waals surface area contributed by atoms with Crippen molar-refractivity contribution >= 4 is 5.82 Å². The molecule has 0 saturated heterocycles. The number of benzene rings is 1. The van der Waals surface area contributed by atoms with Gasteiger partial charge in [0.15, 0.2) is 0 Å². The largest absolute Gasteiger partial charge is 0.364 e. The van der Waals surface area contributed by atoms with Crippen molar-refractivity contribution in [3.8, 4) is 0 Å². The van der Waals surface area contributed by atoms with E-state index in [1.54, 1.807) is 16.8 Å². The summed E-state index contributed by atoms with van der Waals surface area (Å²) in [6.07, 6.45) is 1.84. The van der Waals surface area contributed by atoms with Crippen LogP contribution >= 0.6 is 0 Å². The molecule has 0 fully saturated rings. The smallest absolute Gasteiger partial charge is 0.148 e. The summed E-state index contributed by atoms with van der Waals surface area (Å²) >= 11 is 0. The third-order valence-corrected chi connectivity index (χ3v) is 2.13. The fourth-order valence-corrected chi connectivity index (χ4v) is 1.34. The second-order valence-corrected chi connectivity index (χ2v) is 3.32. The van der Waals surface area contributed by atoms with Crippen molar-refractivity contribution in [1.82, 2.24) is 9.78 Å². The van der Waals surface area contributed by atoms with Crippen molar-refractivity contribution in [2.24, 2.45) is 7.05 Å². The molecule has 1 aromatic heterocycles. The van der Waals surface area contributed by atoms with E-state index < -0.39 is 0 Å². The quantitative estimate of drug-likeness (QED) is 0.832. The van der Waals surface area contributed by atoms with Crippen LogP contribution in [-0.4, -0.2) is 9.78 Å². The van der Waals surface area contributed by atoms with Gasteiger partial charge >= 0.3 is 0 Å². The molecule has 3 nitrogen and oxygen atoms in total. The first-order valence-corrected chi connectivity index (χ1v) is 4.72. The highest BCUT2D eigenvalue weighted by Crippen LogP contribution is 2.09. The highest BCUT2D eigenvalue weighted by atomic mass is 19.1. The summed E-state index contributed by atoms with van der Waals surface area (Å²) in [5.74, 6) is 0.557. The molecular formula is C11H12FN3. The number of hydrogen-bond donors (Lipinski definition) is 1. The van der Waals surface area contributed by atoms with Gasteiger partial charge in [0, 0.05) is 31.4 Å². The van der Waals surface area contributed by atoms with Crippen LogP contribution in [0.25, 0.3) is 0 Å². The van der Waals surface area contributed by atoms with Gasteiger partial charge in [-0.05, 0) is 6.07 Å². The molecule has 0 aliphatic rings. The van der Waals surface area contributed by atoms with Gasteiger partial charge in [-0.2, -0.15) is 5.10 Å². The lowest BCUT2D eigenvalue weighted by Gasteiger charge is -2.03. The zero-order valence-electron chi connectivity index (χ0n) is 8.44. The van der Waals surface area contributed by atoms with Crippen LogP contribution in [0, 0.1) is 5.82 Å². The van der Waals surface area contributed by atoms with Crippen LogP contribution in [0.1, 0.15) is 5.56 Å². The zero-order chi connectivity index (χ0) is 10.7. The normalized spacial score (nSPS) is 10.3. The van der Waals surface area contributed by atoms with E-state index in [4.69, 9.17) is 0 Å². The molecule has 0 amide bonds. The van der Waals surface area contributed by atoms with Crippen LogP contribution in [0.4, 0.5) is 10.2 Å². The maximum absolute atomic E-state index is 13.2. The van der Waals surface area contributed by atoms with Gasteiger partial charge in [0.2, 0.25) is 0 Å². The monoisotopic (exact) mass is 205 g/mol. The number of aryl methyl sites for hydroxylation is 1. The molecule has 0 aliphatic heterocycles. The highest BCUT2D eigenvalue weighted by molar-refractivity contribution is 5.34. The number of nitrogens with one attached hydrogen (secondary N) is 1. The number of hydrogen-bond acceptors (Lipinski definition) is 2. The van der Waals surface area contributed by atoms with Crippen molar-refractivity contribution in [2.45, 2.75) is 6.54 Å². The standard InChI is InChI=1S/C11H12FN3/c1-15-7-6-11(14-15)13-8-9-4-2-3-5-10(9)12/h2-7H,8H2,1H3,(H,13,14). The molecule has 0 unspecified atom stereocenters. The Morgan fingerprint density at radius 3 is 2.80 bits per heavy atom. The van der Waals surface area contributed by atoms with Crippen LogP contribution in [0.15, 0.2) is 36.5 Å². The Bertz CT molecular complexity index is 451. The summed E-state index contributed by atoms with van der Waals surface area (Å²) in [6.45, 7) is 0.448. The van der Waals surface area contributed by atoms with Crippen LogP contribution in [0.5, 0.6) is 0 Å². The van der Waals surface area contributed by atoms with E-state index in [-0.39, 0.29) is 5.82 Å². The molecule has 15 heavy (non-hydrogen) atoms.